The monoisotopic (exact) mass is 367 g/mol. The van der Waals surface area contributed by atoms with Crippen molar-refractivity contribution in [3.63, 3.8) is 0 Å². The summed E-state index contributed by atoms with van der Waals surface area (Å²) in [6.45, 7) is 0.376. The van der Waals surface area contributed by atoms with E-state index in [0.29, 0.717) is 17.8 Å². The molecule has 110 valence electrons. The maximum Gasteiger partial charge on any atom is 0.251 e. The van der Waals surface area contributed by atoms with Crippen LogP contribution in [0.2, 0.25) is 0 Å². The molecule has 0 atom stereocenters. The fourth-order valence-electron chi connectivity index (χ4n) is 1.59. The highest BCUT2D eigenvalue weighted by molar-refractivity contribution is 9.10. The number of rotatable bonds is 5. The third-order valence-corrected chi connectivity index (χ3v) is 4.65. The van der Waals surface area contributed by atoms with Gasteiger partial charge in [0.05, 0.1) is 13.1 Å². The Balaban J connectivity index is 1.77. The van der Waals surface area contributed by atoms with Gasteiger partial charge in [-0.05, 0) is 51.6 Å². The number of nitrogens with two attached hydrogens (primary N) is 1. The van der Waals surface area contributed by atoms with Crippen molar-refractivity contribution >= 4 is 44.8 Å². The van der Waals surface area contributed by atoms with Gasteiger partial charge in [-0.2, -0.15) is 0 Å². The third-order valence-electron chi connectivity index (χ3n) is 2.72. The molecule has 0 aliphatic carbocycles. The number of hydrogen-bond donors (Lipinski definition) is 3. The lowest BCUT2D eigenvalue weighted by molar-refractivity contribution is -0.120. The van der Waals surface area contributed by atoms with Crippen LogP contribution in [-0.2, 0) is 11.3 Å². The summed E-state index contributed by atoms with van der Waals surface area (Å²) >= 11 is 4.95. The minimum Gasteiger partial charge on any atom is -0.399 e. The maximum absolute atomic E-state index is 11.8. The summed E-state index contributed by atoms with van der Waals surface area (Å²) in [6.07, 6.45) is 0. The van der Waals surface area contributed by atoms with Crippen molar-refractivity contribution in [2.45, 2.75) is 6.54 Å². The number of benzene rings is 1. The Labute approximate surface area is 134 Å². The number of anilines is 1. The first kappa shape index (κ1) is 15.5. The minimum absolute atomic E-state index is 0.0633. The van der Waals surface area contributed by atoms with Crippen molar-refractivity contribution in [1.82, 2.24) is 10.6 Å². The van der Waals surface area contributed by atoms with Gasteiger partial charge >= 0.3 is 0 Å². The molecular formula is C14H14BrN3O2S. The molecule has 0 aliphatic heterocycles. The molecule has 0 aliphatic rings. The standard InChI is InChI=1S/C14H14BrN3O2S/c15-11-5-6-21-12(11)7-17-13(19)8-18-14(20)9-1-3-10(16)4-2-9/h1-6H,7-8,16H2,(H,17,19)(H,18,20). The topological polar surface area (TPSA) is 84.2 Å². The van der Waals surface area contributed by atoms with Gasteiger partial charge in [0.2, 0.25) is 5.91 Å². The maximum atomic E-state index is 11.8. The van der Waals surface area contributed by atoms with Gasteiger partial charge in [-0.3, -0.25) is 9.59 Å². The Morgan fingerprint density at radius 3 is 2.48 bits per heavy atom. The van der Waals surface area contributed by atoms with Gasteiger partial charge in [0.1, 0.15) is 0 Å². The number of nitrogens with one attached hydrogen (secondary N) is 2. The number of carbonyl (C=O) groups is 2. The number of nitrogen functional groups attached to an aromatic ring is 1. The van der Waals surface area contributed by atoms with E-state index in [1.54, 1.807) is 35.6 Å². The first-order valence-electron chi connectivity index (χ1n) is 6.18. The number of amides is 2. The first-order valence-corrected chi connectivity index (χ1v) is 7.86. The Morgan fingerprint density at radius 1 is 1.14 bits per heavy atom. The lowest BCUT2D eigenvalue weighted by atomic mass is 10.2. The van der Waals surface area contributed by atoms with Crippen molar-refractivity contribution in [2.24, 2.45) is 0 Å². The average molecular weight is 368 g/mol. The van der Waals surface area contributed by atoms with Crippen LogP contribution in [0.5, 0.6) is 0 Å². The van der Waals surface area contributed by atoms with Crippen LogP contribution in [0.15, 0.2) is 40.2 Å². The van der Waals surface area contributed by atoms with E-state index in [1.807, 2.05) is 11.4 Å². The molecule has 5 nitrogen and oxygen atoms in total. The van der Waals surface area contributed by atoms with Crippen LogP contribution in [0.4, 0.5) is 5.69 Å². The van der Waals surface area contributed by atoms with Crippen molar-refractivity contribution in [3.8, 4) is 0 Å². The fourth-order valence-corrected chi connectivity index (χ4v) is 3.02. The van der Waals surface area contributed by atoms with Crippen LogP contribution >= 0.6 is 27.3 Å². The summed E-state index contributed by atoms with van der Waals surface area (Å²) in [6, 6.07) is 8.44. The zero-order valence-electron chi connectivity index (χ0n) is 11.1. The van der Waals surface area contributed by atoms with Gasteiger partial charge in [0.15, 0.2) is 0 Å². The van der Waals surface area contributed by atoms with E-state index >= 15 is 0 Å². The van der Waals surface area contributed by atoms with Crippen LogP contribution in [0.1, 0.15) is 15.2 Å². The normalized spacial score (nSPS) is 10.1. The Morgan fingerprint density at radius 2 is 1.86 bits per heavy atom. The predicted octanol–water partition coefficient (Wildman–Crippen LogP) is 2.14. The SMILES string of the molecule is Nc1ccc(C(=O)NCC(=O)NCc2sccc2Br)cc1. The van der Waals surface area contributed by atoms with Crippen molar-refractivity contribution in [1.29, 1.82) is 0 Å². The quantitative estimate of drug-likeness (QED) is 0.707. The number of hydrogen-bond acceptors (Lipinski definition) is 4. The molecule has 1 aromatic heterocycles. The summed E-state index contributed by atoms with van der Waals surface area (Å²) in [5.41, 5.74) is 6.61. The Bertz CT molecular complexity index is 640. The molecule has 0 unspecified atom stereocenters. The predicted molar refractivity (Wildman–Crippen MR) is 87.1 cm³/mol. The highest BCUT2D eigenvalue weighted by atomic mass is 79.9. The van der Waals surface area contributed by atoms with Gasteiger partial charge in [-0.15, -0.1) is 11.3 Å². The number of thiophene rings is 1. The van der Waals surface area contributed by atoms with Crippen LogP contribution in [0.25, 0.3) is 0 Å². The lowest BCUT2D eigenvalue weighted by Crippen LogP contribution is -2.36. The summed E-state index contributed by atoms with van der Waals surface area (Å²) in [5, 5.41) is 7.25. The second-order valence-corrected chi connectivity index (χ2v) is 6.13. The first-order chi connectivity index (χ1) is 10.1. The molecular weight excluding hydrogens is 354 g/mol. The molecule has 7 heteroatoms. The molecule has 2 rings (SSSR count). The molecule has 21 heavy (non-hydrogen) atoms. The number of carbonyl (C=O) groups excluding carboxylic acids is 2. The highest BCUT2D eigenvalue weighted by Crippen LogP contribution is 2.21. The van der Waals surface area contributed by atoms with E-state index in [0.717, 1.165) is 9.35 Å². The molecule has 1 heterocycles. The van der Waals surface area contributed by atoms with Gasteiger partial charge in [-0.25, -0.2) is 0 Å². The van der Waals surface area contributed by atoms with Crippen molar-refractivity contribution < 1.29 is 9.59 Å². The van der Waals surface area contributed by atoms with Crippen LogP contribution in [-0.4, -0.2) is 18.4 Å². The van der Waals surface area contributed by atoms with Crippen LogP contribution < -0.4 is 16.4 Å². The summed E-state index contributed by atoms with van der Waals surface area (Å²) in [4.78, 5) is 24.5. The second-order valence-electron chi connectivity index (χ2n) is 4.27. The zero-order valence-corrected chi connectivity index (χ0v) is 13.5. The molecule has 2 aromatic rings. The van der Waals surface area contributed by atoms with Gasteiger partial charge in [-0.1, -0.05) is 0 Å². The molecule has 0 bridgehead atoms. The smallest absolute Gasteiger partial charge is 0.251 e. The molecule has 0 spiro atoms. The van der Waals surface area contributed by atoms with E-state index in [-0.39, 0.29) is 18.4 Å². The van der Waals surface area contributed by atoms with E-state index in [1.165, 1.54) is 0 Å². The summed E-state index contributed by atoms with van der Waals surface area (Å²) in [5.74, 6) is -0.540. The van der Waals surface area contributed by atoms with Crippen LogP contribution in [0, 0.1) is 0 Å². The van der Waals surface area contributed by atoms with Gasteiger partial charge in [0, 0.05) is 20.6 Å². The molecule has 1 aromatic carbocycles. The lowest BCUT2D eigenvalue weighted by Gasteiger charge is -2.07. The summed E-state index contributed by atoms with van der Waals surface area (Å²) in [7, 11) is 0. The Kier molecular flexibility index (Phi) is 5.35. The van der Waals surface area contributed by atoms with E-state index in [2.05, 4.69) is 26.6 Å². The van der Waals surface area contributed by atoms with E-state index in [4.69, 9.17) is 5.73 Å². The molecule has 0 radical (unpaired) electrons. The van der Waals surface area contributed by atoms with Gasteiger partial charge < -0.3 is 16.4 Å². The van der Waals surface area contributed by atoms with E-state index in [9.17, 15) is 9.59 Å². The van der Waals surface area contributed by atoms with Crippen molar-refractivity contribution in [3.05, 3.63) is 50.6 Å². The average Bonchev–Trinajstić information content (AvgIpc) is 2.88. The molecule has 0 saturated carbocycles. The summed E-state index contributed by atoms with van der Waals surface area (Å²) < 4.78 is 0.971. The fraction of sp³-hybridized carbons (Fsp3) is 0.143. The molecule has 2 amide bonds. The minimum atomic E-state index is -0.303. The number of halogens is 1. The third kappa shape index (κ3) is 4.57. The second kappa shape index (κ2) is 7.24. The largest absolute Gasteiger partial charge is 0.399 e. The molecule has 0 fully saturated rings. The van der Waals surface area contributed by atoms with E-state index < -0.39 is 0 Å². The molecule has 4 N–H and O–H groups in total. The molecule has 0 saturated heterocycles. The van der Waals surface area contributed by atoms with Gasteiger partial charge in [0.25, 0.3) is 5.91 Å². The highest BCUT2D eigenvalue weighted by Gasteiger charge is 2.08. The van der Waals surface area contributed by atoms with Crippen LogP contribution in [0.3, 0.4) is 0 Å². The Hall–Kier alpha value is -1.86. The zero-order chi connectivity index (χ0) is 15.2. The van der Waals surface area contributed by atoms with Crippen molar-refractivity contribution in [2.75, 3.05) is 12.3 Å².